The van der Waals surface area contributed by atoms with Gasteiger partial charge in [0.05, 0.1) is 10.5 Å². The molecule has 0 unspecified atom stereocenters. The molecular weight excluding hydrogens is 206 g/mol. The van der Waals surface area contributed by atoms with Gasteiger partial charge in [-0.2, -0.15) is 0 Å². The molecule has 0 saturated carbocycles. The van der Waals surface area contributed by atoms with Crippen LogP contribution < -0.4 is 5.76 Å². The molecule has 0 aliphatic rings. The van der Waals surface area contributed by atoms with E-state index in [-0.39, 0.29) is 5.78 Å². The number of Topliss-reactive ketones (excluding diaryl/α,β-unsaturated/α-hetero) is 1. The summed E-state index contributed by atoms with van der Waals surface area (Å²) in [6, 6.07) is 2.95. The Bertz CT molecular complexity index is 567. The number of carbonyl (C=O) groups is 1. The van der Waals surface area contributed by atoms with Gasteiger partial charge in [0.25, 0.3) is 0 Å². The molecule has 0 aliphatic carbocycles. The first-order valence-corrected chi connectivity index (χ1v) is 4.29. The van der Waals surface area contributed by atoms with Crippen LogP contribution in [0, 0.1) is 0 Å². The number of halogens is 1. The van der Waals surface area contributed by atoms with Gasteiger partial charge in [-0.05, 0) is 19.1 Å². The zero-order valence-electron chi connectivity index (χ0n) is 7.26. The Morgan fingerprint density at radius 1 is 1.50 bits per heavy atom. The van der Waals surface area contributed by atoms with Gasteiger partial charge in [-0.15, -0.1) is 0 Å². The van der Waals surface area contributed by atoms with Crippen LogP contribution in [0.25, 0.3) is 11.1 Å². The van der Waals surface area contributed by atoms with Crippen LogP contribution in [-0.2, 0) is 0 Å². The van der Waals surface area contributed by atoms with Crippen LogP contribution in [0.5, 0.6) is 0 Å². The molecule has 1 N–H and O–H groups in total. The number of rotatable bonds is 1. The van der Waals surface area contributed by atoms with Crippen molar-refractivity contribution in [2.45, 2.75) is 6.92 Å². The summed E-state index contributed by atoms with van der Waals surface area (Å²) in [5.74, 6) is -0.725. The lowest BCUT2D eigenvalue weighted by Crippen LogP contribution is -1.93. The molecule has 0 bridgehead atoms. The number of aromatic nitrogens is 1. The summed E-state index contributed by atoms with van der Waals surface area (Å²) in [4.78, 5) is 24.4. The minimum atomic E-state index is -0.559. The molecule has 14 heavy (non-hydrogen) atoms. The molecular formula is C9H6ClNO3. The number of H-pyrrole nitrogens is 1. The molecule has 2 aromatic rings. The number of hydrogen-bond acceptors (Lipinski definition) is 3. The van der Waals surface area contributed by atoms with E-state index < -0.39 is 5.76 Å². The van der Waals surface area contributed by atoms with Crippen molar-refractivity contribution >= 4 is 28.5 Å². The molecule has 0 spiro atoms. The van der Waals surface area contributed by atoms with Crippen LogP contribution in [0.2, 0.25) is 5.02 Å². The van der Waals surface area contributed by atoms with Crippen molar-refractivity contribution in [1.29, 1.82) is 0 Å². The Labute approximate surface area is 83.5 Å². The van der Waals surface area contributed by atoms with Gasteiger partial charge in [-0.3, -0.25) is 9.78 Å². The van der Waals surface area contributed by atoms with Crippen molar-refractivity contribution in [3.8, 4) is 0 Å². The van der Waals surface area contributed by atoms with Crippen LogP contribution in [-0.4, -0.2) is 10.8 Å². The highest BCUT2D eigenvalue weighted by atomic mass is 35.5. The molecule has 1 heterocycles. The zero-order valence-corrected chi connectivity index (χ0v) is 8.01. The molecule has 0 amide bonds. The van der Waals surface area contributed by atoms with E-state index in [1.54, 1.807) is 0 Å². The minimum Gasteiger partial charge on any atom is -0.408 e. The Morgan fingerprint density at radius 3 is 2.86 bits per heavy atom. The van der Waals surface area contributed by atoms with Crippen molar-refractivity contribution in [1.82, 2.24) is 4.98 Å². The van der Waals surface area contributed by atoms with Crippen LogP contribution in [0.15, 0.2) is 21.3 Å². The zero-order chi connectivity index (χ0) is 10.3. The third kappa shape index (κ3) is 1.33. The van der Waals surface area contributed by atoms with E-state index in [0.29, 0.717) is 21.7 Å². The number of oxazole rings is 1. The SMILES string of the molecule is CC(=O)c1cc2oc(=O)[nH]c2cc1Cl. The van der Waals surface area contributed by atoms with E-state index in [0.717, 1.165) is 0 Å². The second kappa shape index (κ2) is 2.99. The molecule has 0 saturated heterocycles. The monoisotopic (exact) mass is 211 g/mol. The number of benzene rings is 1. The third-order valence-electron chi connectivity index (χ3n) is 1.89. The van der Waals surface area contributed by atoms with Gasteiger partial charge in [0.1, 0.15) is 0 Å². The van der Waals surface area contributed by atoms with Gasteiger partial charge in [-0.25, -0.2) is 4.79 Å². The van der Waals surface area contributed by atoms with E-state index in [2.05, 4.69) is 4.98 Å². The smallest absolute Gasteiger partial charge is 0.408 e. The maximum atomic E-state index is 11.1. The maximum absolute atomic E-state index is 11.1. The summed E-state index contributed by atoms with van der Waals surface area (Å²) < 4.78 is 4.79. The molecule has 5 heteroatoms. The number of ketones is 1. The van der Waals surface area contributed by atoms with E-state index in [1.165, 1.54) is 19.1 Å². The second-order valence-electron chi connectivity index (χ2n) is 2.90. The van der Waals surface area contributed by atoms with Crippen LogP contribution in [0.3, 0.4) is 0 Å². The van der Waals surface area contributed by atoms with Crippen molar-refractivity contribution in [3.05, 3.63) is 33.3 Å². The second-order valence-corrected chi connectivity index (χ2v) is 3.31. The fraction of sp³-hybridized carbons (Fsp3) is 0.111. The average molecular weight is 212 g/mol. The normalized spacial score (nSPS) is 10.7. The molecule has 0 radical (unpaired) electrons. The number of carbonyl (C=O) groups excluding carboxylic acids is 1. The highest BCUT2D eigenvalue weighted by Crippen LogP contribution is 2.22. The first kappa shape index (κ1) is 9.02. The summed E-state index contributed by atoms with van der Waals surface area (Å²) in [7, 11) is 0. The summed E-state index contributed by atoms with van der Waals surface area (Å²) in [6.45, 7) is 1.40. The number of hydrogen-bond donors (Lipinski definition) is 1. The molecule has 4 nitrogen and oxygen atoms in total. The van der Waals surface area contributed by atoms with Crippen molar-refractivity contribution in [3.63, 3.8) is 0 Å². The van der Waals surface area contributed by atoms with Gasteiger partial charge in [0.2, 0.25) is 0 Å². The predicted molar refractivity (Wildman–Crippen MR) is 51.8 cm³/mol. The standard InChI is InChI=1S/C9H6ClNO3/c1-4(12)5-2-8-7(3-6(5)10)11-9(13)14-8/h2-3H,1H3,(H,11,13). The van der Waals surface area contributed by atoms with Gasteiger partial charge >= 0.3 is 5.76 Å². The van der Waals surface area contributed by atoms with Gasteiger partial charge < -0.3 is 4.42 Å². The summed E-state index contributed by atoms with van der Waals surface area (Å²) in [6.07, 6.45) is 0. The molecule has 0 aliphatic heterocycles. The van der Waals surface area contributed by atoms with Gasteiger partial charge in [0.15, 0.2) is 11.4 Å². The van der Waals surface area contributed by atoms with Crippen LogP contribution >= 0.6 is 11.6 Å². The van der Waals surface area contributed by atoms with Gasteiger partial charge in [-0.1, -0.05) is 11.6 Å². The highest BCUT2D eigenvalue weighted by Gasteiger charge is 2.10. The quantitative estimate of drug-likeness (QED) is 0.734. The Hall–Kier alpha value is -1.55. The first-order chi connectivity index (χ1) is 6.58. The molecule has 1 aromatic carbocycles. The van der Waals surface area contributed by atoms with Crippen molar-refractivity contribution < 1.29 is 9.21 Å². The van der Waals surface area contributed by atoms with Crippen LogP contribution in [0.4, 0.5) is 0 Å². The Balaban J connectivity index is 2.82. The van der Waals surface area contributed by atoms with Crippen LogP contribution in [0.1, 0.15) is 17.3 Å². The fourth-order valence-electron chi connectivity index (χ4n) is 1.24. The predicted octanol–water partition coefficient (Wildman–Crippen LogP) is 1.98. The average Bonchev–Trinajstić information content (AvgIpc) is 2.42. The Kier molecular flexibility index (Phi) is 1.93. The molecule has 1 aromatic heterocycles. The Morgan fingerprint density at radius 2 is 2.21 bits per heavy atom. The fourth-order valence-corrected chi connectivity index (χ4v) is 1.54. The lowest BCUT2D eigenvalue weighted by molar-refractivity contribution is 0.101. The largest absolute Gasteiger partial charge is 0.417 e. The molecule has 0 fully saturated rings. The highest BCUT2D eigenvalue weighted by molar-refractivity contribution is 6.34. The summed E-state index contributed by atoms with van der Waals surface area (Å²) >= 11 is 5.82. The number of fused-ring (bicyclic) bond motifs is 1. The summed E-state index contributed by atoms with van der Waals surface area (Å²) in [5.41, 5.74) is 1.18. The number of aromatic amines is 1. The summed E-state index contributed by atoms with van der Waals surface area (Å²) in [5, 5.41) is 0.307. The van der Waals surface area contributed by atoms with E-state index in [4.69, 9.17) is 16.0 Å². The number of nitrogens with one attached hydrogen (secondary N) is 1. The first-order valence-electron chi connectivity index (χ1n) is 3.91. The van der Waals surface area contributed by atoms with Crippen molar-refractivity contribution in [2.75, 3.05) is 0 Å². The molecule has 2 rings (SSSR count). The third-order valence-corrected chi connectivity index (χ3v) is 2.20. The van der Waals surface area contributed by atoms with E-state index in [1.807, 2.05) is 0 Å². The van der Waals surface area contributed by atoms with Gasteiger partial charge in [0, 0.05) is 5.56 Å². The van der Waals surface area contributed by atoms with E-state index in [9.17, 15) is 9.59 Å². The van der Waals surface area contributed by atoms with Crippen molar-refractivity contribution in [2.24, 2.45) is 0 Å². The molecule has 0 atom stereocenters. The topological polar surface area (TPSA) is 63.1 Å². The lowest BCUT2D eigenvalue weighted by Gasteiger charge is -1.97. The van der Waals surface area contributed by atoms with E-state index >= 15 is 0 Å². The minimum absolute atomic E-state index is 0.166. The maximum Gasteiger partial charge on any atom is 0.417 e. The molecule has 72 valence electrons. The lowest BCUT2D eigenvalue weighted by atomic mass is 10.1.